The van der Waals surface area contributed by atoms with Gasteiger partial charge in [-0.25, -0.2) is 0 Å². The summed E-state index contributed by atoms with van der Waals surface area (Å²) in [5, 5.41) is 20.0. The van der Waals surface area contributed by atoms with Crippen LogP contribution in [-0.4, -0.2) is 30.4 Å². The Labute approximate surface area is 180 Å². The highest BCUT2D eigenvalue weighted by Crippen LogP contribution is 2.31. The summed E-state index contributed by atoms with van der Waals surface area (Å²) in [4.78, 5) is 26.4. The maximum atomic E-state index is 11.9. The molecule has 0 saturated heterocycles. The van der Waals surface area contributed by atoms with Crippen molar-refractivity contribution in [2.75, 3.05) is 18.9 Å². The third-order valence-corrected chi connectivity index (χ3v) is 4.45. The quantitative estimate of drug-likeness (QED) is 0.194. The summed E-state index contributed by atoms with van der Waals surface area (Å²) in [5.74, 6) is 0.680. The summed E-state index contributed by atoms with van der Waals surface area (Å²) in [6, 6.07) is 14.2. The average molecular weight is 495 g/mol. The molecule has 1 amide bonds. The van der Waals surface area contributed by atoms with E-state index in [1.165, 1.54) is 12.1 Å². The number of nitrogens with one attached hydrogen (secondary N) is 3. The van der Waals surface area contributed by atoms with E-state index < -0.39 is 4.92 Å². The zero-order valence-corrected chi connectivity index (χ0v) is 17.7. The van der Waals surface area contributed by atoms with Gasteiger partial charge in [-0.15, -0.1) is 24.0 Å². The number of para-hydroxylation sites is 1. The standard InChI is InChI=1S/C19H21N5O3.HI/c1-20-19(21-11-13-6-8-15(9-7-13)24(26)27)22-12-14-10-18(25)23-17-5-3-2-4-16(14)17;/h2-9,14H,10-12H2,1H3,(H,23,25)(H2,20,21,22);1H. The summed E-state index contributed by atoms with van der Waals surface area (Å²) < 4.78 is 0. The van der Waals surface area contributed by atoms with Crippen LogP contribution in [-0.2, 0) is 11.3 Å². The van der Waals surface area contributed by atoms with Gasteiger partial charge < -0.3 is 16.0 Å². The fourth-order valence-electron chi connectivity index (χ4n) is 3.05. The molecule has 0 radical (unpaired) electrons. The first kappa shape index (κ1) is 21.6. The third-order valence-electron chi connectivity index (χ3n) is 4.45. The molecule has 2 aromatic rings. The van der Waals surface area contributed by atoms with Gasteiger partial charge in [0.05, 0.1) is 4.92 Å². The molecular weight excluding hydrogens is 473 g/mol. The topological polar surface area (TPSA) is 109 Å². The van der Waals surface area contributed by atoms with Crippen LogP contribution in [0.25, 0.3) is 0 Å². The number of hydrogen-bond donors (Lipinski definition) is 3. The number of carbonyl (C=O) groups is 1. The predicted octanol–water partition coefficient (Wildman–Crippen LogP) is 3.00. The van der Waals surface area contributed by atoms with E-state index in [4.69, 9.17) is 0 Å². The van der Waals surface area contributed by atoms with E-state index in [-0.39, 0.29) is 41.5 Å². The largest absolute Gasteiger partial charge is 0.356 e. The van der Waals surface area contributed by atoms with Gasteiger partial charge in [-0.05, 0) is 17.2 Å². The Kier molecular flexibility index (Phi) is 7.73. The lowest BCUT2D eigenvalue weighted by molar-refractivity contribution is -0.384. The summed E-state index contributed by atoms with van der Waals surface area (Å²) in [6.07, 6.45) is 0.420. The lowest BCUT2D eigenvalue weighted by Crippen LogP contribution is -2.40. The molecule has 8 nitrogen and oxygen atoms in total. The molecule has 0 fully saturated rings. The van der Waals surface area contributed by atoms with Crippen molar-refractivity contribution in [2.45, 2.75) is 18.9 Å². The monoisotopic (exact) mass is 495 g/mol. The van der Waals surface area contributed by atoms with Crippen LogP contribution >= 0.6 is 24.0 Å². The number of halogens is 1. The molecule has 28 heavy (non-hydrogen) atoms. The van der Waals surface area contributed by atoms with Gasteiger partial charge in [0.25, 0.3) is 5.69 Å². The Morgan fingerprint density at radius 3 is 2.61 bits per heavy atom. The zero-order valence-electron chi connectivity index (χ0n) is 15.3. The predicted molar refractivity (Wildman–Crippen MR) is 119 cm³/mol. The molecule has 0 spiro atoms. The molecule has 3 rings (SSSR count). The molecule has 3 N–H and O–H groups in total. The van der Waals surface area contributed by atoms with Crippen LogP contribution in [0.2, 0.25) is 0 Å². The Morgan fingerprint density at radius 1 is 1.21 bits per heavy atom. The number of benzene rings is 2. The second kappa shape index (κ2) is 10.0. The molecule has 0 aromatic heterocycles. The first-order chi connectivity index (χ1) is 13.1. The Morgan fingerprint density at radius 2 is 1.93 bits per heavy atom. The Bertz CT molecular complexity index is 870. The molecule has 1 atom stereocenters. The van der Waals surface area contributed by atoms with E-state index in [0.717, 1.165) is 16.8 Å². The van der Waals surface area contributed by atoms with Crippen molar-refractivity contribution in [3.8, 4) is 0 Å². The number of nitro groups is 1. The van der Waals surface area contributed by atoms with Gasteiger partial charge in [0.15, 0.2) is 5.96 Å². The number of aliphatic imine (C=N–C) groups is 1. The lowest BCUT2D eigenvalue weighted by Gasteiger charge is -2.26. The van der Waals surface area contributed by atoms with Gasteiger partial charge in [0.2, 0.25) is 5.91 Å². The minimum Gasteiger partial charge on any atom is -0.356 e. The smallest absolute Gasteiger partial charge is 0.269 e. The number of hydrogen-bond acceptors (Lipinski definition) is 4. The second-order valence-electron chi connectivity index (χ2n) is 6.27. The van der Waals surface area contributed by atoms with Gasteiger partial charge in [0.1, 0.15) is 0 Å². The molecule has 1 aliphatic rings. The number of amides is 1. The minimum absolute atomic E-state index is 0. The van der Waals surface area contributed by atoms with Gasteiger partial charge in [-0.2, -0.15) is 0 Å². The molecule has 1 unspecified atom stereocenters. The van der Waals surface area contributed by atoms with E-state index in [2.05, 4.69) is 20.9 Å². The molecule has 0 bridgehead atoms. The van der Waals surface area contributed by atoms with Gasteiger partial charge in [-0.1, -0.05) is 30.3 Å². The lowest BCUT2D eigenvalue weighted by atomic mass is 9.90. The first-order valence-corrected chi connectivity index (χ1v) is 8.63. The van der Waals surface area contributed by atoms with Crippen molar-refractivity contribution in [3.05, 3.63) is 69.8 Å². The first-order valence-electron chi connectivity index (χ1n) is 8.63. The molecule has 0 aliphatic carbocycles. The molecular formula is C19H22IN5O3. The highest BCUT2D eigenvalue weighted by atomic mass is 127. The maximum absolute atomic E-state index is 11.9. The van der Waals surface area contributed by atoms with E-state index in [1.807, 2.05) is 24.3 Å². The number of rotatable bonds is 5. The van der Waals surface area contributed by atoms with Gasteiger partial charge >= 0.3 is 0 Å². The van der Waals surface area contributed by atoms with Crippen LogP contribution in [0, 0.1) is 10.1 Å². The molecule has 1 aliphatic heterocycles. The van der Waals surface area contributed by atoms with Crippen LogP contribution in [0.4, 0.5) is 11.4 Å². The van der Waals surface area contributed by atoms with Crippen molar-refractivity contribution >= 4 is 47.2 Å². The van der Waals surface area contributed by atoms with Crippen molar-refractivity contribution in [3.63, 3.8) is 0 Å². The normalized spacial score (nSPS) is 15.7. The molecule has 1 heterocycles. The van der Waals surface area contributed by atoms with Crippen molar-refractivity contribution < 1.29 is 9.72 Å². The molecule has 0 saturated carbocycles. The van der Waals surface area contributed by atoms with Crippen LogP contribution in [0.15, 0.2) is 53.5 Å². The highest BCUT2D eigenvalue weighted by Gasteiger charge is 2.24. The van der Waals surface area contributed by atoms with E-state index in [9.17, 15) is 14.9 Å². The maximum Gasteiger partial charge on any atom is 0.269 e. The molecule has 148 valence electrons. The average Bonchev–Trinajstić information content (AvgIpc) is 2.68. The summed E-state index contributed by atoms with van der Waals surface area (Å²) in [6.45, 7) is 1.06. The fraction of sp³-hybridized carbons (Fsp3) is 0.263. The third kappa shape index (κ3) is 5.41. The number of nitro benzene ring substituents is 1. The second-order valence-corrected chi connectivity index (χ2v) is 6.27. The summed E-state index contributed by atoms with van der Waals surface area (Å²) in [5.41, 5.74) is 2.94. The van der Waals surface area contributed by atoms with E-state index in [1.54, 1.807) is 19.2 Å². The number of nitrogens with zero attached hydrogens (tertiary/aromatic N) is 2. The zero-order chi connectivity index (χ0) is 19.2. The summed E-state index contributed by atoms with van der Waals surface area (Å²) in [7, 11) is 1.67. The SMILES string of the molecule is CN=C(NCc1ccc([N+](=O)[O-])cc1)NCC1CC(=O)Nc2ccccc21.I. The van der Waals surface area contributed by atoms with E-state index >= 15 is 0 Å². The minimum atomic E-state index is -0.421. The van der Waals surface area contributed by atoms with E-state index in [0.29, 0.717) is 25.5 Å². The van der Waals surface area contributed by atoms with Crippen molar-refractivity contribution in [1.82, 2.24) is 10.6 Å². The Hall–Kier alpha value is -2.69. The van der Waals surface area contributed by atoms with Crippen LogP contribution in [0.1, 0.15) is 23.5 Å². The van der Waals surface area contributed by atoms with Gasteiger partial charge in [-0.3, -0.25) is 19.9 Å². The van der Waals surface area contributed by atoms with Crippen molar-refractivity contribution in [1.29, 1.82) is 0 Å². The molecule has 9 heteroatoms. The highest BCUT2D eigenvalue weighted by molar-refractivity contribution is 14.0. The molecule has 2 aromatic carbocycles. The fourth-order valence-corrected chi connectivity index (χ4v) is 3.05. The number of anilines is 1. The van der Waals surface area contributed by atoms with Crippen molar-refractivity contribution in [2.24, 2.45) is 4.99 Å². The van der Waals surface area contributed by atoms with Crippen LogP contribution < -0.4 is 16.0 Å². The number of guanidine groups is 1. The number of fused-ring (bicyclic) bond motifs is 1. The summed E-state index contributed by atoms with van der Waals surface area (Å²) >= 11 is 0. The van der Waals surface area contributed by atoms with Crippen LogP contribution in [0.3, 0.4) is 0 Å². The Balaban J connectivity index is 0.00000280. The van der Waals surface area contributed by atoms with Crippen LogP contribution in [0.5, 0.6) is 0 Å². The number of non-ortho nitro benzene ring substituents is 1. The van der Waals surface area contributed by atoms with Gasteiger partial charge in [0, 0.05) is 50.3 Å². The number of carbonyl (C=O) groups excluding carboxylic acids is 1.